The van der Waals surface area contributed by atoms with Crippen LogP contribution in [0, 0.1) is 0 Å². The number of benzene rings is 2. The van der Waals surface area contributed by atoms with Gasteiger partial charge in [0.2, 0.25) is 0 Å². The van der Waals surface area contributed by atoms with Crippen molar-refractivity contribution >= 4 is 17.1 Å². The Kier molecular flexibility index (Phi) is 3.02. The molecule has 0 saturated heterocycles. The van der Waals surface area contributed by atoms with E-state index in [4.69, 9.17) is 0 Å². The Hall–Kier alpha value is -2.55. The number of hydrogen-bond donors (Lipinski definition) is 0. The van der Waals surface area contributed by atoms with E-state index in [-0.39, 0.29) is 0 Å². The average molecular weight is 249 g/mol. The molecule has 19 heavy (non-hydrogen) atoms. The zero-order chi connectivity index (χ0) is 13.1. The molecule has 0 amide bonds. The molecule has 3 aromatic rings. The number of aryl methyl sites for hydroxylation is 1. The van der Waals surface area contributed by atoms with E-state index >= 15 is 0 Å². The molecule has 0 N–H and O–H groups in total. The van der Waals surface area contributed by atoms with E-state index in [2.05, 4.69) is 34.3 Å². The number of rotatable bonds is 3. The second kappa shape index (κ2) is 4.98. The van der Waals surface area contributed by atoms with Crippen LogP contribution in [0.15, 0.2) is 73.1 Å². The summed E-state index contributed by atoms with van der Waals surface area (Å²) < 4.78 is 1.81. The van der Waals surface area contributed by atoms with Gasteiger partial charge in [-0.15, -0.1) is 0 Å². The van der Waals surface area contributed by atoms with Crippen molar-refractivity contribution in [2.45, 2.75) is 0 Å². The predicted molar refractivity (Wildman–Crippen MR) is 77.9 cm³/mol. The second-order valence-electron chi connectivity index (χ2n) is 4.38. The molecule has 0 aliphatic carbocycles. The van der Waals surface area contributed by atoms with Crippen LogP contribution in [0.1, 0.15) is 0 Å². The van der Waals surface area contributed by atoms with Crippen LogP contribution in [-0.4, -0.2) is 9.78 Å². The van der Waals surface area contributed by atoms with Crippen molar-refractivity contribution in [3.8, 4) is 0 Å². The largest absolute Gasteiger partial charge is 0.307 e. The maximum absolute atomic E-state index is 4.26. The highest BCUT2D eigenvalue weighted by atomic mass is 15.3. The quantitative estimate of drug-likeness (QED) is 0.702. The van der Waals surface area contributed by atoms with E-state index in [9.17, 15) is 0 Å². The van der Waals surface area contributed by atoms with Crippen LogP contribution in [0.5, 0.6) is 0 Å². The second-order valence-corrected chi connectivity index (χ2v) is 4.38. The molecule has 3 rings (SSSR count). The summed E-state index contributed by atoms with van der Waals surface area (Å²) in [5.74, 6) is 0. The molecule has 0 aliphatic heterocycles. The Morgan fingerprint density at radius 2 is 1.32 bits per heavy atom. The molecule has 0 aliphatic rings. The molecule has 3 heteroatoms. The van der Waals surface area contributed by atoms with Crippen LogP contribution in [0.4, 0.5) is 17.1 Å². The van der Waals surface area contributed by atoms with Gasteiger partial charge in [0.05, 0.1) is 11.9 Å². The van der Waals surface area contributed by atoms with Gasteiger partial charge in [0.1, 0.15) is 0 Å². The predicted octanol–water partition coefficient (Wildman–Crippen LogP) is 3.89. The molecule has 0 bridgehead atoms. The maximum atomic E-state index is 4.26. The van der Waals surface area contributed by atoms with Gasteiger partial charge in [-0.25, -0.2) is 0 Å². The van der Waals surface area contributed by atoms with E-state index in [1.165, 1.54) is 0 Å². The van der Waals surface area contributed by atoms with Crippen LogP contribution in [0.2, 0.25) is 0 Å². The Balaban J connectivity index is 2.11. The van der Waals surface area contributed by atoms with E-state index < -0.39 is 0 Å². The Morgan fingerprint density at radius 1 is 0.789 bits per heavy atom. The Bertz CT molecular complexity index is 605. The smallest absolute Gasteiger partial charge is 0.0842 e. The lowest BCUT2D eigenvalue weighted by Crippen LogP contribution is -2.08. The van der Waals surface area contributed by atoms with E-state index in [0.717, 1.165) is 17.1 Å². The first kappa shape index (κ1) is 11.5. The Labute approximate surface area is 112 Å². The molecule has 0 unspecified atom stereocenters. The summed E-state index contributed by atoms with van der Waals surface area (Å²) in [6, 6.07) is 20.6. The van der Waals surface area contributed by atoms with Gasteiger partial charge in [-0.2, -0.15) is 5.10 Å². The van der Waals surface area contributed by atoms with E-state index in [1.807, 2.05) is 60.5 Å². The molecule has 0 saturated carbocycles. The highest BCUT2D eigenvalue weighted by Crippen LogP contribution is 2.33. The first-order valence-electron chi connectivity index (χ1n) is 6.23. The summed E-state index contributed by atoms with van der Waals surface area (Å²) in [4.78, 5) is 2.19. The van der Waals surface area contributed by atoms with Gasteiger partial charge in [-0.1, -0.05) is 36.4 Å². The minimum Gasteiger partial charge on any atom is -0.307 e. The number of nitrogens with zero attached hydrogens (tertiary/aromatic N) is 3. The van der Waals surface area contributed by atoms with Gasteiger partial charge in [0.25, 0.3) is 0 Å². The van der Waals surface area contributed by atoms with Crippen LogP contribution in [-0.2, 0) is 7.05 Å². The maximum Gasteiger partial charge on any atom is 0.0842 e. The third-order valence-electron chi connectivity index (χ3n) is 2.98. The minimum absolute atomic E-state index is 1.06. The van der Waals surface area contributed by atoms with Crippen LogP contribution in [0.25, 0.3) is 0 Å². The third-order valence-corrected chi connectivity index (χ3v) is 2.98. The van der Waals surface area contributed by atoms with Crippen LogP contribution in [0.3, 0.4) is 0 Å². The van der Waals surface area contributed by atoms with Crippen LogP contribution < -0.4 is 4.90 Å². The highest BCUT2D eigenvalue weighted by Gasteiger charge is 2.12. The molecule has 1 aromatic heterocycles. The number of hydrogen-bond acceptors (Lipinski definition) is 2. The Morgan fingerprint density at radius 3 is 1.74 bits per heavy atom. The van der Waals surface area contributed by atoms with Gasteiger partial charge in [-0.05, 0) is 24.3 Å². The molecule has 2 aromatic carbocycles. The zero-order valence-electron chi connectivity index (χ0n) is 10.8. The highest BCUT2D eigenvalue weighted by molar-refractivity contribution is 5.75. The van der Waals surface area contributed by atoms with Crippen molar-refractivity contribution in [1.82, 2.24) is 9.78 Å². The minimum atomic E-state index is 1.06. The molecule has 0 atom stereocenters. The fraction of sp³-hybridized carbons (Fsp3) is 0.0625. The van der Waals surface area contributed by atoms with Crippen molar-refractivity contribution < 1.29 is 0 Å². The molecule has 94 valence electrons. The molecule has 3 nitrogen and oxygen atoms in total. The average Bonchev–Trinajstić information content (AvgIpc) is 2.88. The van der Waals surface area contributed by atoms with Crippen molar-refractivity contribution in [3.05, 3.63) is 73.1 Å². The zero-order valence-corrected chi connectivity index (χ0v) is 10.8. The van der Waals surface area contributed by atoms with Gasteiger partial charge in [0.15, 0.2) is 0 Å². The molecule has 1 heterocycles. The molecular weight excluding hydrogens is 234 g/mol. The van der Waals surface area contributed by atoms with Crippen molar-refractivity contribution in [2.75, 3.05) is 4.90 Å². The normalized spacial score (nSPS) is 10.4. The third kappa shape index (κ3) is 2.36. The number of anilines is 3. The van der Waals surface area contributed by atoms with Gasteiger partial charge in [0, 0.05) is 24.6 Å². The van der Waals surface area contributed by atoms with E-state index in [0.29, 0.717) is 0 Å². The van der Waals surface area contributed by atoms with E-state index in [1.54, 1.807) is 0 Å². The van der Waals surface area contributed by atoms with Crippen molar-refractivity contribution in [2.24, 2.45) is 7.05 Å². The summed E-state index contributed by atoms with van der Waals surface area (Å²) in [5, 5.41) is 4.26. The lowest BCUT2D eigenvalue weighted by Gasteiger charge is -2.23. The van der Waals surface area contributed by atoms with Gasteiger partial charge in [-0.3, -0.25) is 4.68 Å². The lowest BCUT2D eigenvalue weighted by molar-refractivity contribution is 0.768. The summed E-state index contributed by atoms with van der Waals surface area (Å²) in [5.41, 5.74) is 3.31. The first-order valence-corrected chi connectivity index (χ1v) is 6.23. The van der Waals surface area contributed by atoms with Crippen LogP contribution >= 0.6 is 0 Å². The molecule has 0 fully saturated rings. The summed E-state index contributed by atoms with van der Waals surface area (Å²) >= 11 is 0. The van der Waals surface area contributed by atoms with Gasteiger partial charge < -0.3 is 4.90 Å². The fourth-order valence-corrected chi connectivity index (χ4v) is 2.13. The summed E-state index contributed by atoms with van der Waals surface area (Å²) in [6.45, 7) is 0. The van der Waals surface area contributed by atoms with Crippen molar-refractivity contribution in [1.29, 1.82) is 0 Å². The van der Waals surface area contributed by atoms with Crippen molar-refractivity contribution in [3.63, 3.8) is 0 Å². The molecule has 0 radical (unpaired) electrons. The monoisotopic (exact) mass is 249 g/mol. The SMILES string of the molecule is Cn1cc(N(c2ccccc2)c2ccccc2)cn1. The van der Waals surface area contributed by atoms with Gasteiger partial charge >= 0.3 is 0 Å². The fourth-order valence-electron chi connectivity index (χ4n) is 2.13. The topological polar surface area (TPSA) is 21.1 Å². The summed E-state index contributed by atoms with van der Waals surface area (Å²) in [6.07, 6.45) is 3.89. The standard InChI is InChI=1S/C16H15N3/c1-18-13-16(12-17-18)19(14-8-4-2-5-9-14)15-10-6-3-7-11-15/h2-13H,1H3. The summed E-state index contributed by atoms with van der Waals surface area (Å²) in [7, 11) is 1.93. The molecular formula is C16H15N3. The first-order chi connectivity index (χ1) is 9.34. The molecule has 0 spiro atoms. The lowest BCUT2D eigenvalue weighted by atomic mass is 10.2. The number of para-hydroxylation sites is 2. The number of aromatic nitrogens is 2.